The lowest BCUT2D eigenvalue weighted by atomic mass is 10.1. The number of hydrogen-bond donors (Lipinski definition) is 1. The lowest BCUT2D eigenvalue weighted by molar-refractivity contribution is 0.242. The summed E-state index contributed by atoms with van der Waals surface area (Å²) in [4.78, 5) is 22.7. The van der Waals surface area contributed by atoms with E-state index in [-0.39, 0.29) is 37.1 Å². The standard InChI is InChI=1S/C27H28FN3O4/c1-16(2)34-22-11-7-20(8-12-22)26-30-24(18(4)35-26)15-31-25(19-5-9-21(28)10-6-19)29-17(3)23(13-14-32)27(31)33/h5-12,16,32H,13-15H2,1-4H3. The maximum Gasteiger partial charge on any atom is 0.257 e. The molecule has 0 atom stereocenters. The molecule has 0 bridgehead atoms. The van der Waals surface area contributed by atoms with Crippen LogP contribution in [0.1, 0.15) is 36.6 Å². The van der Waals surface area contributed by atoms with Gasteiger partial charge < -0.3 is 14.3 Å². The monoisotopic (exact) mass is 477 g/mol. The van der Waals surface area contributed by atoms with E-state index >= 15 is 0 Å². The number of hydrogen-bond acceptors (Lipinski definition) is 6. The second kappa shape index (κ2) is 10.2. The van der Waals surface area contributed by atoms with Crippen molar-refractivity contribution in [3.63, 3.8) is 0 Å². The number of halogens is 1. The molecule has 2 heterocycles. The van der Waals surface area contributed by atoms with Gasteiger partial charge in [0.2, 0.25) is 5.89 Å². The highest BCUT2D eigenvalue weighted by molar-refractivity contribution is 5.57. The van der Waals surface area contributed by atoms with Crippen molar-refractivity contribution in [1.82, 2.24) is 14.5 Å². The van der Waals surface area contributed by atoms with Gasteiger partial charge in [0.1, 0.15) is 28.8 Å². The molecule has 2 aromatic carbocycles. The first-order valence-corrected chi connectivity index (χ1v) is 11.5. The number of aromatic nitrogens is 3. The van der Waals surface area contributed by atoms with Crippen molar-refractivity contribution in [2.75, 3.05) is 6.61 Å². The van der Waals surface area contributed by atoms with Gasteiger partial charge >= 0.3 is 0 Å². The van der Waals surface area contributed by atoms with Gasteiger partial charge in [-0.2, -0.15) is 0 Å². The maximum atomic E-state index is 13.5. The molecule has 0 unspecified atom stereocenters. The summed E-state index contributed by atoms with van der Waals surface area (Å²) in [6, 6.07) is 13.3. The smallest absolute Gasteiger partial charge is 0.257 e. The Hall–Kier alpha value is -3.78. The van der Waals surface area contributed by atoms with Crippen LogP contribution in [0.5, 0.6) is 5.75 Å². The summed E-state index contributed by atoms with van der Waals surface area (Å²) in [6.07, 6.45) is 0.263. The molecule has 0 saturated carbocycles. The summed E-state index contributed by atoms with van der Waals surface area (Å²) in [5.74, 6) is 1.78. The molecule has 8 heteroatoms. The van der Waals surface area contributed by atoms with Crippen molar-refractivity contribution in [3.8, 4) is 28.6 Å². The third kappa shape index (κ3) is 5.33. The van der Waals surface area contributed by atoms with Crippen LogP contribution in [0.15, 0.2) is 57.7 Å². The zero-order valence-corrected chi connectivity index (χ0v) is 20.2. The molecule has 0 saturated heterocycles. The van der Waals surface area contributed by atoms with Crippen LogP contribution in [0.3, 0.4) is 0 Å². The van der Waals surface area contributed by atoms with E-state index in [0.29, 0.717) is 40.0 Å². The van der Waals surface area contributed by atoms with E-state index in [0.717, 1.165) is 11.3 Å². The average Bonchev–Trinajstić information content (AvgIpc) is 3.19. The van der Waals surface area contributed by atoms with E-state index in [1.54, 1.807) is 26.0 Å². The van der Waals surface area contributed by atoms with Crippen molar-refractivity contribution >= 4 is 0 Å². The van der Waals surface area contributed by atoms with E-state index < -0.39 is 0 Å². The highest BCUT2D eigenvalue weighted by Gasteiger charge is 2.19. The van der Waals surface area contributed by atoms with E-state index in [9.17, 15) is 14.3 Å². The largest absolute Gasteiger partial charge is 0.491 e. The van der Waals surface area contributed by atoms with E-state index in [4.69, 9.17) is 9.15 Å². The average molecular weight is 478 g/mol. The van der Waals surface area contributed by atoms with Crippen LogP contribution >= 0.6 is 0 Å². The molecule has 0 radical (unpaired) electrons. The fraction of sp³-hybridized carbons (Fsp3) is 0.296. The Kier molecular flexibility index (Phi) is 7.12. The predicted octanol–water partition coefficient (Wildman–Crippen LogP) is 4.69. The molecule has 4 rings (SSSR count). The van der Waals surface area contributed by atoms with E-state index in [2.05, 4.69) is 9.97 Å². The Morgan fingerprint density at radius 3 is 2.31 bits per heavy atom. The van der Waals surface area contributed by atoms with Crippen LogP contribution in [0.25, 0.3) is 22.8 Å². The number of nitrogens with zero attached hydrogens (tertiary/aromatic N) is 3. The van der Waals surface area contributed by atoms with Gasteiger partial charge in [-0.05, 0) is 76.2 Å². The zero-order chi connectivity index (χ0) is 25.1. The molecule has 7 nitrogen and oxygen atoms in total. The molecule has 0 spiro atoms. The van der Waals surface area contributed by atoms with Gasteiger partial charge in [0.15, 0.2) is 0 Å². The summed E-state index contributed by atoms with van der Waals surface area (Å²) < 4.78 is 26.6. The second-order valence-electron chi connectivity index (χ2n) is 8.58. The molecule has 35 heavy (non-hydrogen) atoms. The number of aliphatic hydroxyl groups excluding tert-OH is 1. The highest BCUT2D eigenvalue weighted by Crippen LogP contribution is 2.26. The Bertz CT molecular complexity index is 1370. The van der Waals surface area contributed by atoms with Crippen molar-refractivity contribution in [1.29, 1.82) is 0 Å². The maximum absolute atomic E-state index is 13.5. The van der Waals surface area contributed by atoms with Crippen LogP contribution in [0.2, 0.25) is 0 Å². The lowest BCUT2D eigenvalue weighted by Crippen LogP contribution is -2.29. The summed E-state index contributed by atoms with van der Waals surface area (Å²) in [7, 11) is 0. The predicted molar refractivity (Wildman–Crippen MR) is 131 cm³/mol. The van der Waals surface area contributed by atoms with Crippen LogP contribution in [-0.2, 0) is 13.0 Å². The van der Waals surface area contributed by atoms with E-state index in [1.807, 2.05) is 38.1 Å². The van der Waals surface area contributed by atoms with Crippen LogP contribution in [0, 0.1) is 19.7 Å². The van der Waals surface area contributed by atoms with Crippen molar-refractivity contribution in [3.05, 3.63) is 87.4 Å². The van der Waals surface area contributed by atoms with Crippen molar-refractivity contribution in [2.24, 2.45) is 0 Å². The molecule has 2 aromatic heterocycles. The molecule has 1 N–H and O–H groups in total. The highest BCUT2D eigenvalue weighted by atomic mass is 19.1. The first kappa shape index (κ1) is 24.3. The van der Waals surface area contributed by atoms with Crippen LogP contribution in [-0.4, -0.2) is 32.4 Å². The van der Waals surface area contributed by atoms with Gasteiger partial charge in [-0.3, -0.25) is 9.36 Å². The third-order valence-electron chi connectivity index (χ3n) is 5.61. The Balaban J connectivity index is 1.74. The Morgan fingerprint density at radius 2 is 1.69 bits per heavy atom. The first-order valence-electron chi connectivity index (χ1n) is 11.5. The fourth-order valence-corrected chi connectivity index (χ4v) is 3.86. The summed E-state index contributed by atoms with van der Waals surface area (Å²) in [5, 5.41) is 9.45. The minimum atomic E-state index is -0.377. The molecule has 0 fully saturated rings. The minimum Gasteiger partial charge on any atom is -0.491 e. The molecule has 0 aliphatic heterocycles. The Labute approximate surface area is 202 Å². The van der Waals surface area contributed by atoms with E-state index in [1.165, 1.54) is 16.7 Å². The van der Waals surface area contributed by atoms with Gasteiger partial charge in [0.05, 0.1) is 12.6 Å². The molecule has 182 valence electrons. The fourth-order valence-electron chi connectivity index (χ4n) is 3.86. The number of aryl methyl sites for hydroxylation is 2. The van der Waals surface area contributed by atoms with Gasteiger partial charge in [0, 0.05) is 35.4 Å². The summed E-state index contributed by atoms with van der Waals surface area (Å²) in [5.41, 5.74) is 2.65. The number of rotatable bonds is 8. The number of aliphatic hydroxyl groups is 1. The number of oxazole rings is 1. The third-order valence-corrected chi connectivity index (χ3v) is 5.61. The second-order valence-corrected chi connectivity index (χ2v) is 8.58. The lowest BCUT2D eigenvalue weighted by Gasteiger charge is -2.15. The summed E-state index contributed by atoms with van der Waals surface area (Å²) >= 11 is 0. The van der Waals surface area contributed by atoms with Crippen molar-refractivity contribution in [2.45, 2.75) is 46.8 Å². The SMILES string of the molecule is Cc1nc(-c2ccc(F)cc2)n(Cc2nc(-c3ccc(OC(C)C)cc3)oc2C)c(=O)c1CCO. The zero-order valence-electron chi connectivity index (χ0n) is 20.2. The normalized spacial score (nSPS) is 11.3. The first-order chi connectivity index (χ1) is 16.8. The van der Waals surface area contributed by atoms with Crippen molar-refractivity contribution < 1.29 is 18.7 Å². The van der Waals surface area contributed by atoms with Crippen LogP contribution in [0.4, 0.5) is 4.39 Å². The molecule has 0 aliphatic carbocycles. The molecule has 0 aliphatic rings. The Morgan fingerprint density at radius 1 is 1.03 bits per heavy atom. The quantitative estimate of drug-likeness (QED) is 0.396. The minimum absolute atomic E-state index is 0.0730. The number of benzene rings is 2. The van der Waals surface area contributed by atoms with Crippen LogP contribution < -0.4 is 10.3 Å². The molecular weight excluding hydrogens is 449 g/mol. The van der Waals surface area contributed by atoms with Gasteiger partial charge in [-0.25, -0.2) is 14.4 Å². The van der Waals surface area contributed by atoms with Gasteiger partial charge in [-0.15, -0.1) is 0 Å². The number of ether oxygens (including phenoxy) is 1. The molecular formula is C27H28FN3O4. The topological polar surface area (TPSA) is 90.4 Å². The molecule has 0 amide bonds. The van der Waals surface area contributed by atoms with Gasteiger partial charge in [0.25, 0.3) is 5.56 Å². The van der Waals surface area contributed by atoms with Gasteiger partial charge in [-0.1, -0.05) is 0 Å². The molecule has 4 aromatic rings. The summed E-state index contributed by atoms with van der Waals surface area (Å²) in [6.45, 7) is 7.40.